The van der Waals surface area contributed by atoms with Crippen molar-refractivity contribution in [3.8, 4) is 33.1 Å². The van der Waals surface area contributed by atoms with Gasteiger partial charge in [-0.15, -0.1) is 11.3 Å². The van der Waals surface area contributed by atoms with E-state index in [1.165, 1.54) is 41.3 Å². The standard InChI is InChI=1S/C34H21NOS2/c1-4-13-23(14-5-1)30-31-34(37-32(30)24-15-6-2-7-16-24)38-29-22-11-10-19-26(29)35(25-17-8-3-9-18-25)27-20-12-21-28(36-31)33(27)38/h1-9,12-22,38H. The molecule has 2 nitrogen and oxygen atoms in total. The van der Waals surface area contributed by atoms with Gasteiger partial charge in [-0.25, -0.2) is 0 Å². The molecular formula is C34H21NOS2. The van der Waals surface area contributed by atoms with E-state index < -0.39 is 10.9 Å². The minimum Gasteiger partial charge on any atom is -0.453 e. The normalized spacial score (nSPS) is 15.5. The van der Waals surface area contributed by atoms with Gasteiger partial charge in [0.1, 0.15) is 5.75 Å². The van der Waals surface area contributed by atoms with Crippen LogP contribution in [0.3, 0.4) is 0 Å². The molecule has 8 rings (SSSR count). The van der Waals surface area contributed by atoms with E-state index in [4.69, 9.17) is 4.74 Å². The van der Waals surface area contributed by atoms with Crippen LogP contribution in [0.15, 0.2) is 135 Å². The molecule has 0 amide bonds. The Kier molecular flexibility index (Phi) is 4.88. The van der Waals surface area contributed by atoms with Crippen molar-refractivity contribution in [2.45, 2.75) is 14.0 Å². The zero-order valence-electron chi connectivity index (χ0n) is 20.3. The van der Waals surface area contributed by atoms with Crippen LogP contribution < -0.4 is 9.64 Å². The molecule has 0 saturated heterocycles. The lowest BCUT2D eigenvalue weighted by atomic mass is 10.0. The maximum Gasteiger partial charge on any atom is 0.159 e. The van der Waals surface area contributed by atoms with Gasteiger partial charge in [0, 0.05) is 33.2 Å². The highest BCUT2D eigenvalue weighted by molar-refractivity contribution is 8.19. The highest BCUT2D eigenvalue weighted by Gasteiger charge is 2.40. The first-order valence-corrected chi connectivity index (χ1v) is 14.7. The molecule has 1 aromatic heterocycles. The molecule has 0 aliphatic carbocycles. The van der Waals surface area contributed by atoms with Gasteiger partial charge >= 0.3 is 0 Å². The molecule has 0 N–H and O–H groups in total. The number of rotatable bonds is 3. The third kappa shape index (κ3) is 3.16. The summed E-state index contributed by atoms with van der Waals surface area (Å²) in [5.41, 5.74) is 7.03. The molecule has 0 saturated carbocycles. The number of hydrogen-bond donors (Lipinski definition) is 1. The summed E-state index contributed by atoms with van der Waals surface area (Å²) < 4.78 is 8.19. The topological polar surface area (TPSA) is 12.5 Å². The van der Waals surface area contributed by atoms with Gasteiger partial charge in [-0.05, 0) is 35.4 Å². The number of ether oxygens (including phenoxy) is 1. The smallest absolute Gasteiger partial charge is 0.159 e. The third-order valence-electron chi connectivity index (χ3n) is 7.06. The van der Waals surface area contributed by atoms with E-state index in [1.54, 1.807) is 0 Å². The molecule has 0 radical (unpaired) electrons. The molecule has 3 heterocycles. The van der Waals surface area contributed by atoms with Crippen molar-refractivity contribution in [3.63, 3.8) is 0 Å². The zero-order valence-corrected chi connectivity index (χ0v) is 22.0. The maximum absolute atomic E-state index is 6.89. The van der Waals surface area contributed by atoms with E-state index >= 15 is 0 Å². The van der Waals surface area contributed by atoms with Crippen LogP contribution in [0.1, 0.15) is 0 Å². The molecule has 6 aromatic rings. The highest BCUT2D eigenvalue weighted by atomic mass is 32.2. The number of anilines is 3. The summed E-state index contributed by atoms with van der Waals surface area (Å²) in [5.74, 6) is 1.93. The second kappa shape index (κ2) is 8.56. The van der Waals surface area contributed by atoms with Crippen LogP contribution in [0.25, 0.3) is 21.6 Å². The average Bonchev–Trinajstić information content (AvgIpc) is 3.38. The van der Waals surface area contributed by atoms with E-state index in [1.807, 2.05) is 11.3 Å². The molecule has 0 spiro atoms. The Hall–Kier alpha value is -4.43. The van der Waals surface area contributed by atoms with Crippen LogP contribution in [0.4, 0.5) is 17.1 Å². The molecule has 0 fully saturated rings. The predicted molar refractivity (Wildman–Crippen MR) is 158 cm³/mol. The van der Waals surface area contributed by atoms with E-state index in [9.17, 15) is 0 Å². The first-order chi connectivity index (χ1) is 18.9. The largest absolute Gasteiger partial charge is 0.453 e. The van der Waals surface area contributed by atoms with E-state index in [0.717, 1.165) is 22.9 Å². The SMILES string of the molecule is c1cc2c(cc#1)[SH]1c3sc(-c4ccccc4)c(-c4ccccc4)c3Oc3cccc(c31)N2c1ccccc1. The van der Waals surface area contributed by atoms with Crippen LogP contribution in [-0.2, 0) is 0 Å². The number of benzene rings is 4. The van der Waals surface area contributed by atoms with Gasteiger partial charge in [-0.2, -0.15) is 10.9 Å². The van der Waals surface area contributed by atoms with Crippen molar-refractivity contribution in [2.24, 2.45) is 0 Å². The van der Waals surface area contributed by atoms with Crippen molar-refractivity contribution in [1.29, 1.82) is 0 Å². The fourth-order valence-electron chi connectivity index (χ4n) is 5.46. The number of fused-ring (bicyclic) bond motifs is 4. The Balaban J connectivity index is 1.43. The quantitative estimate of drug-likeness (QED) is 0.231. The highest BCUT2D eigenvalue weighted by Crippen LogP contribution is 2.73. The molecule has 0 bridgehead atoms. The summed E-state index contributed by atoms with van der Waals surface area (Å²) in [6.07, 6.45) is 0. The van der Waals surface area contributed by atoms with Gasteiger partial charge in [0.15, 0.2) is 5.75 Å². The summed E-state index contributed by atoms with van der Waals surface area (Å²) in [4.78, 5) is 6.14. The summed E-state index contributed by atoms with van der Waals surface area (Å²) in [6.45, 7) is 0. The second-order valence-corrected chi connectivity index (χ2v) is 12.6. The second-order valence-electron chi connectivity index (χ2n) is 9.25. The molecule has 1 unspecified atom stereocenters. The Morgan fingerprint density at radius 1 is 0.658 bits per heavy atom. The zero-order chi connectivity index (χ0) is 25.1. The van der Waals surface area contributed by atoms with Gasteiger partial charge in [-0.3, -0.25) is 0 Å². The molecule has 2 aliphatic heterocycles. The van der Waals surface area contributed by atoms with Crippen molar-refractivity contribution < 1.29 is 4.74 Å². The van der Waals surface area contributed by atoms with Crippen molar-refractivity contribution in [3.05, 3.63) is 133 Å². The molecule has 38 heavy (non-hydrogen) atoms. The minimum atomic E-state index is -0.844. The van der Waals surface area contributed by atoms with E-state index in [2.05, 4.69) is 138 Å². The number of thiophene rings is 1. The number of para-hydroxylation sites is 1. The number of nitrogens with zero attached hydrogens (tertiary/aromatic N) is 1. The Bertz CT molecular complexity index is 1800. The van der Waals surface area contributed by atoms with E-state index in [-0.39, 0.29) is 0 Å². The van der Waals surface area contributed by atoms with Crippen molar-refractivity contribution >= 4 is 39.3 Å². The lowest BCUT2D eigenvalue weighted by Crippen LogP contribution is -2.18. The number of thiol groups is 1. The van der Waals surface area contributed by atoms with Gasteiger partial charge in [0.05, 0.1) is 20.5 Å². The monoisotopic (exact) mass is 523 g/mol. The van der Waals surface area contributed by atoms with Gasteiger partial charge in [-0.1, -0.05) is 97.1 Å². The van der Waals surface area contributed by atoms with Crippen molar-refractivity contribution in [2.75, 3.05) is 4.90 Å². The first kappa shape index (κ1) is 21.6. The predicted octanol–water partition coefficient (Wildman–Crippen LogP) is 10.0. The molecular weight excluding hydrogens is 503 g/mol. The molecule has 5 aromatic carbocycles. The lowest BCUT2D eigenvalue weighted by Gasteiger charge is -2.41. The van der Waals surface area contributed by atoms with Crippen LogP contribution in [0.2, 0.25) is 0 Å². The van der Waals surface area contributed by atoms with Gasteiger partial charge in [0.25, 0.3) is 0 Å². The fourth-order valence-corrected chi connectivity index (χ4v) is 10.0. The van der Waals surface area contributed by atoms with Gasteiger partial charge in [0.2, 0.25) is 0 Å². The van der Waals surface area contributed by atoms with Crippen LogP contribution in [0.5, 0.6) is 11.5 Å². The molecule has 2 aliphatic rings. The van der Waals surface area contributed by atoms with Gasteiger partial charge < -0.3 is 9.64 Å². The van der Waals surface area contributed by atoms with Crippen LogP contribution in [0, 0.1) is 12.1 Å². The summed E-state index contributed by atoms with van der Waals surface area (Å²) in [7, 11) is -0.844. The summed E-state index contributed by atoms with van der Waals surface area (Å²) in [5, 5.41) is 0. The lowest BCUT2D eigenvalue weighted by molar-refractivity contribution is 0.460. The Morgan fingerprint density at radius 2 is 1.34 bits per heavy atom. The Labute approximate surface area is 228 Å². The van der Waals surface area contributed by atoms with Crippen LogP contribution in [-0.4, -0.2) is 0 Å². The summed E-state index contributed by atoms with van der Waals surface area (Å²) in [6, 6.07) is 49.1. The molecule has 180 valence electrons. The van der Waals surface area contributed by atoms with E-state index in [0.29, 0.717) is 0 Å². The third-order valence-corrected chi connectivity index (χ3v) is 11.3. The Morgan fingerprint density at radius 3 is 2.11 bits per heavy atom. The molecule has 4 heteroatoms. The maximum atomic E-state index is 6.89. The van der Waals surface area contributed by atoms with Crippen molar-refractivity contribution in [1.82, 2.24) is 0 Å². The number of hydrogen-bond acceptors (Lipinski definition) is 3. The fraction of sp³-hybridized carbons (Fsp3) is 0. The minimum absolute atomic E-state index is 0.844. The van der Waals surface area contributed by atoms with Crippen LogP contribution >= 0.6 is 22.2 Å². The first-order valence-electron chi connectivity index (χ1n) is 12.5. The molecule has 1 atom stereocenters. The average molecular weight is 524 g/mol. The summed E-state index contributed by atoms with van der Waals surface area (Å²) >= 11 is 1.87.